The van der Waals surface area contributed by atoms with E-state index in [2.05, 4.69) is 20.9 Å². The Morgan fingerprint density at radius 3 is 2.63 bits per heavy atom. The van der Waals surface area contributed by atoms with E-state index in [0.717, 1.165) is 23.4 Å². The molecule has 2 aromatic carbocycles. The summed E-state index contributed by atoms with van der Waals surface area (Å²) in [4.78, 5) is 16.4. The Bertz CT molecular complexity index is 774. The van der Waals surface area contributed by atoms with Gasteiger partial charge in [-0.2, -0.15) is 0 Å². The number of nitrogens with one attached hydrogen (secondary N) is 3. The molecule has 2 aromatic rings. The van der Waals surface area contributed by atoms with Gasteiger partial charge in [0.15, 0.2) is 5.96 Å². The van der Waals surface area contributed by atoms with Gasteiger partial charge >= 0.3 is 0 Å². The number of ether oxygens (including phenoxy) is 1. The van der Waals surface area contributed by atoms with Crippen LogP contribution in [0.4, 0.5) is 0 Å². The van der Waals surface area contributed by atoms with Crippen molar-refractivity contribution in [2.24, 2.45) is 4.99 Å². The summed E-state index contributed by atoms with van der Waals surface area (Å²) < 4.78 is 5.67. The molecular weight excluding hydrogens is 340 g/mol. The Kier molecular flexibility index (Phi) is 8.16. The number of amides is 1. The van der Waals surface area contributed by atoms with Gasteiger partial charge < -0.3 is 20.7 Å². The molecule has 0 heterocycles. The molecule has 144 valence electrons. The summed E-state index contributed by atoms with van der Waals surface area (Å²) >= 11 is 0. The fraction of sp³-hybridized carbons (Fsp3) is 0.333. The molecule has 2 rings (SSSR count). The average molecular weight is 368 g/mol. The summed E-state index contributed by atoms with van der Waals surface area (Å²) in [6.07, 6.45) is 0. The van der Waals surface area contributed by atoms with Gasteiger partial charge in [-0.05, 0) is 37.6 Å². The van der Waals surface area contributed by atoms with Crippen LogP contribution in [-0.2, 0) is 13.1 Å². The molecule has 0 aliphatic rings. The molecule has 0 saturated heterocycles. The summed E-state index contributed by atoms with van der Waals surface area (Å²) in [5.74, 6) is 1.49. The van der Waals surface area contributed by atoms with Gasteiger partial charge in [0.1, 0.15) is 5.75 Å². The van der Waals surface area contributed by atoms with Gasteiger partial charge in [0.05, 0.1) is 13.2 Å². The molecule has 0 atom stereocenters. The molecule has 0 spiro atoms. The second kappa shape index (κ2) is 10.9. The van der Waals surface area contributed by atoms with E-state index < -0.39 is 0 Å². The van der Waals surface area contributed by atoms with Crippen molar-refractivity contribution in [3.8, 4) is 5.75 Å². The summed E-state index contributed by atoms with van der Waals surface area (Å²) in [6, 6.07) is 15.4. The Labute approximate surface area is 161 Å². The second-order valence-electron chi connectivity index (χ2n) is 5.87. The lowest BCUT2D eigenvalue weighted by Crippen LogP contribution is -2.36. The van der Waals surface area contributed by atoms with Crippen molar-refractivity contribution >= 4 is 11.9 Å². The molecule has 0 aliphatic carbocycles. The third kappa shape index (κ3) is 6.33. The number of carbonyl (C=O) groups is 1. The number of aliphatic imine (C=N–C) groups is 1. The summed E-state index contributed by atoms with van der Waals surface area (Å²) in [5, 5.41) is 9.21. The monoisotopic (exact) mass is 368 g/mol. The van der Waals surface area contributed by atoms with Gasteiger partial charge in [0, 0.05) is 31.3 Å². The van der Waals surface area contributed by atoms with Crippen LogP contribution in [0.15, 0.2) is 53.5 Å². The molecule has 6 nitrogen and oxygen atoms in total. The van der Waals surface area contributed by atoms with E-state index in [1.165, 1.54) is 0 Å². The maximum Gasteiger partial charge on any atom is 0.251 e. The van der Waals surface area contributed by atoms with Crippen molar-refractivity contribution in [1.82, 2.24) is 16.0 Å². The first kappa shape index (κ1) is 20.3. The summed E-state index contributed by atoms with van der Waals surface area (Å²) in [6.45, 7) is 6.48. The quantitative estimate of drug-likeness (QED) is 0.495. The van der Waals surface area contributed by atoms with Gasteiger partial charge in [-0.1, -0.05) is 30.3 Å². The summed E-state index contributed by atoms with van der Waals surface area (Å²) in [5.41, 5.74) is 2.68. The van der Waals surface area contributed by atoms with Crippen LogP contribution in [0.2, 0.25) is 0 Å². The minimum Gasteiger partial charge on any atom is -0.494 e. The Hall–Kier alpha value is -3.02. The molecular formula is C21H28N4O2. The number of hydrogen-bond donors (Lipinski definition) is 3. The average Bonchev–Trinajstić information content (AvgIpc) is 2.71. The smallest absolute Gasteiger partial charge is 0.251 e. The van der Waals surface area contributed by atoms with Crippen LogP contribution in [-0.4, -0.2) is 32.1 Å². The van der Waals surface area contributed by atoms with Crippen LogP contribution < -0.4 is 20.7 Å². The number of benzene rings is 2. The molecule has 0 saturated carbocycles. The van der Waals surface area contributed by atoms with E-state index in [1.54, 1.807) is 13.1 Å². The van der Waals surface area contributed by atoms with Crippen LogP contribution in [0.5, 0.6) is 5.75 Å². The Morgan fingerprint density at radius 1 is 1.07 bits per heavy atom. The molecule has 27 heavy (non-hydrogen) atoms. The Morgan fingerprint density at radius 2 is 1.89 bits per heavy atom. The number of carbonyl (C=O) groups excluding carboxylic acids is 1. The third-order valence-electron chi connectivity index (χ3n) is 3.90. The van der Waals surface area contributed by atoms with E-state index in [0.29, 0.717) is 31.2 Å². The van der Waals surface area contributed by atoms with Gasteiger partial charge in [-0.15, -0.1) is 0 Å². The number of para-hydroxylation sites is 1. The minimum atomic E-state index is -0.0987. The first-order valence-electron chi connectivity index (χ1n) is 9.21. The predicted molar refractivity (Wildman–Crippen MR) is 109 cm³/mol. The van der Waals surface area contributed by atoms with Gasteiger partial charge in [-0.3, -0.25) is 4.79 Å². The van der Waals surface area contributed by atoms with Crippen molar-refractivity contribution in [1.29, 1.82) is 0 Å². The molecule has 3 N–H and O–H groups in total. The fourth-order valence-electron chi connectivity index (χ4n) is 2.59. The zero-order chi connectivity index (χ0) is 19.5. The first-order chi connectivity index (χ1) is 13.2. The van der Waals surface area contributed by atoms with Crippen LogP contribution in [0, 0.1) is 0 Å². The largest absolute Gasteiger partial charge is 0.494 e. The van der Waals surface area contributed by atoms with Crippen LogP contribution in [0.1, 0.15) is 35.3 Å². The second-order valence-corrected chi connectivity index (χ2v) is 5.87. The topological polar surface area (TPSA) is 74.8 Å². The van der Waals surface area contributed by atoms with Crippen molar-refractivity contribution in [2.45, 2.75) is 26.9 Å². The highest BCUT2D eigenvalue weighted by Crippen LogP contribution is 2.17. The van der Waals surface area contributed by atoms with Crippen molar-refractivity contribution < 1.29 is 9.53 Å². The molecule has 0 bridgehead atoms. The van der Waals surface area contributed by atoms with Crippen molar-refractivity contribution in [3.05, 3.63) is 65.2 Å². The maximum atomic E-state index is 11.8. The Balaban J connectivity index is 2.05. The van der Waals surface area contributed by atoms with Crippen LogP contribution in [0.25, 0.3) is 0 Å². The van der Waals surface area contributed by atoms with Crippen LogP contribution >= 0.6 is 0 Å². The lowest BCUT2D eigenvalue weighted by Gasteiger charge is -2.14. The molecule has 0 fully saturated rings. The number of hydrogen-bond acceptors (Lipinski definition) is 3. The lowest BCUT2D eigenvalue weighted by atomic mass is 10.1. The van der Waals surface area contributed by atoms with E-state index >= 15 is 0 Å². The van der Waals surface area contributed by atoms with Gasteiger partial charge in [0.25, 0.3) is 5.91 Å². The first-order valence-corrected chi connectivity index (χ1v) is 9.21. The normalized spacial score (nSPS) is 11.0. The molecule has 0 aromatic heterocycles. The zero-order valence-corrected chi connectivity index (χ0v) is 16.2. The van der Waals surface area contributed by atoms with E-state index in [9.17, 15) is 4.79 Å². The number of guanidine groups is 1. The minimum absolute atomic E-state index is 0.0987. The lowest BCUT2D eigenvalue weighted by molar-refractivity contribution is 0.0963. The van der Waals surface area contributed by atoms with E-state index in [4.69, 9.17) is 4.74 Å². The SMILES string of the molecule is CCNC(=NCc1cccc(C(=O)NC)c1)NCc1ccccc1OCC. The zero-order valence-electron chi connectivity index (χ0n) is 16.2. The molecule has 0 radical (unpaired) electrons. The van der Waals surface area contributed by atoms with Gasteiger partial charge in [0.2, 0.25) is 0 Å². The van der Waals surface area contributed by atoms with Crippen molar-refractivity contribution in [2.75, 3.05) is 20.2 Å². The highest BCUT2D eigenvalue weighted by molar-refractivity contribution is 5.94. The molecule has 0 unspecified atom stereocenters. The maximum absolute atomic E-state index is 11.8. The standard InChI is InChI=1S/C21H28N4O2/c1-4-23-21(25-15-18-10-6-7-12-19(18)27-5-2)24-14-16-9-8-11-17(13-16)20(26)22-3/h6-13H,4-5,14-15H2,1-3H3,(H,22,26)(H2,23,24,25). The highest BCUT2D eigenvalue weighted by atomic mass is 16.5. The van der Waals surface area contributed by atoms with E-state index in [-0.39, 0.29) is 5.91 Å². The van der Waals surface area contributed by atoms with E-state index in [1.807, 2.05) is 56.3 Å². The molecule has 6 heteroatoms. The molecule has 1 amide bonds. The van der Waals surface area contributed by atoms with Gasteiger partial charge in [-0.25, -0.2) is 4.99 Å². The number of rotatable bonds is 8. The molecule has 0 aliphatic heterocycles. The van der Waals surface area contributed by atoms with Crippen LogP contribution in [0.3, 0.4) is 0 Å². The number of nitrogens with zero attached hydrogens (tertiary/aromatic N) is 1. The van der Waals surface area contributed by atoms with Crippen molar-refractivity contribution in [3.63, 3.8) is 0 Å². The third-order valence-corrected chi connectivity index (χ3v) is 3.90. The predicted octanol–water partition coefficient (Wildman–Crippen LogP) is 2.70. The highest BCUT2D eigenvalue weighted by Gasteiger charge is 2.06. The fourth-order valence-corrected chi connectivity index (χ4v) is 2.59. The summed E-state index contributed by atoms with van der Waals surface area (Å²) in [7, 11) is 1.63.